The minimum absolute atomic E-state index is 1.17. The van der Waals surface area contributed by atoms with Crippen LogP contribution in [0, 0.1) is 13.8 Å². The van der Waals surface area contributed by atoms with Gasteiger partial charge in [-0.25, -0.2) is 0 Å². The van der Waals surface area contributed by atoms with Gasteiger partial charge in [0.25, 0.3) is 0 Å². The van der Waals surface area contributed by atoms with Gasteiger partial charge in [0.05, 0.1) is 11.0 Å². The molecule has 0 aliphatic carbocycles. The number of fused-ring (bicyclic) bond motifs is 3. The quantitative estimate of drug-likeness (QED) is 0.0755. The van der Waals surface area contributed by atoms with Crippen molar-refractivity contribution in [1.82, 2.24) is 4.57 Å². The number of aromatic nitrogens is 1. The van der Waals surface area contributed by atoms with Gasteiger partial charge >= 0.3 is 0 Å². The van der Waals surface area contributed by atoms with Crippen molar-refractivity contribution in [2.24, 2.45) is 0 Å². The zero-order valence-corrected chi connectivity index (χ0v) is 51.3. The third-order valence-corrected chi connectivity index (χ3v) is 32.2. The van der Waals surface area contributed by atoms with Gasteiger partial charge in [0, 0.05) is 16.5 Å². The van der Waals surface area contributed by atoms with E-state index in [4.69, 9.17) is 0 Å². The first-order valence-electron chi connectivity index (χ1n) is 29.7. The monoisotopic (exact) mass is 1140 g/mol. The topological polar surface area (TPSA) is 4.93 Å². The number of hydrogen-bond donors (Lipinski definition) is 0. The lowest BCUT2D eigenvalue weighted by Crippen LogP contribution is -2.74. The molecule has 85 heavy (non-hydrogen) atoms. The molecule has 0 N–H and O–H groups in total. The van der Waals surface area contributed by atoms with E-state index in [0.29, 0.717) is 0 Å². The Morgan fingerprint density at radius 1 is 0.247 bits per heavy atom. The molecule has 0 saturated carbocycles. The molecule has 0 aliphatic rings. The first kappa shape index (κ1) is 53.3. The second-order valence-electron chi connectivity index (χ2n) is 23.0. The zero-order chi connectivity index (χ0) is 57.4. The van der Waals surface area contributed by atoms with Crippen LogP contribution in [0.4, 0.5) is 0 Å². The second-order valence-corrected chi connectivity index (χ2v) is 34.6. The molecule has 1 aromatic heterocycles. The van der Waals surface area contributed by atoms with Gasteiger partial charge in [0.1, 0.15) is 8.07 Å². The van der Waals surface area contributed by atoms with Gasteiger partial charge in [0.2, 0.25) is 0 Å². The van der Waals surface area contributed by atoms with Crippen molar-refractivity contribution in [3.63, 3.8) is 0 Å². The molecule has 1 atom stereocenters. The molecule has 1 heterocycles. The van der Waals surface area contributed by atoms with Crippen LogP contribution >= 0.6 is 0 Å². The summed E-state index contributed by atoms with van der Waals surface area (Å²) in [6.07, 6.45) is 0. The predicted molar refractivity (Wildman–Crippen MR) is 372 cm³/mol. The van der Waals surface area contributed by atoms with Crippen LogP contribution in [-0.4, -0.2) is 28.8 Å². The minimum atomic E-state index is -2.97. The summed E-state index contributed by atoms with van der Waals surface area (Å²) < 4.78 is 2.46. The highest BCUT2D eigenvalue weighted by Crippen LogP contribution is 2.32. The number of para-hydroxylation sites is 2. The Morgan fingerprint density at radius 3 is 1.13 bits per heavy atom. The van der Waals surface area contributed by atoms with Crippen LogP contribution in [0.3, 0.4) is 0 Å². The highest BCUT2D eigenvalue weighted by Gasteiger charge is 2.44. The second kappa shape index (κ2) is 22.5. The van der Waals surface area contributed by atoms with E-state index in [-0.39, 0.29) is 0 Å². The predicted octanol–water partition coefficient (Wildman–Crippen LogP) is 12.6. The van der Waals surface area contributed by atoms with Gasteiger partial charge in [-0.15, -0.1) is 0 Å². The van der Waals surface area contributed by atoms with Gasteiger partial charge in [-0.2, -0.15) is 0 Å². The van der Waals surface area contributed by atoms with Crippen molar-refractivity contribution >= 4 is 103 Å². The normalized spacial score (nSPS) is 12.5. The van der Waals surface area contributed by atoms with Gasteiger partial charge in [-0.05, 0) is 123 Å². The summed E-state index contributed by atoms with van der Waals surface area (Å²) in [5.74, 6) is 0. The summed E-state index contributed by atoms with van der Waals surface area (Å²) in [7, 11) is -8.19. The van der Waals surface area contributed by atoms with Crippen LogP contribution in [0.25, 0.3) is 49.7 Å². The summed E-state index contributed by atoms with van der Waals surface area (Å²) in [5.41, 5.74) is 11.0. The molecule has 1 nitrogen and oxygen atoms in total. The third kappa shape index (κ3) is 9.22. The fourth-order valence-corrected chi connectivity index (χ4v) is 27.4. The van der Waals surface area contributed by atoms with E-state index in [0.717, 1.165) is 0 Å². The molecule has 0 saturated heterocycles. The molecule has 14 rings (SSSR count). The summed E-state index contributed by atoms with van der Waals surface area (Å²) in [6.45, 7) is 7.05. The number of nitrogens with zero attached hydrogens (tertiary/aromatic N) is 1. The largest absolute Gasteiger partial charge is 0.309 e. The van der Waals surface area contributed by atoms with Crippen molar-refractivity contribution in [2.45, 2.75) is 20.4 Å². The smallest absolute Gasteiger partial charge is 0.179 e. The van der Waals surface area contributed by atoms with Crippen molar-refractivity contribution in [2.75, 3.05) is 0 Å². The van der Waals surface area contributed by atoms with Crippen molar-refractivity contribution in [3.8, 4) is 27.9 Å². The highest BCUT2D eigenvalue weighted by molar-refractivity contribution is 7.20. The van der Waals surface area contributed by atoms with Crippen LogP contribution < -0.4 is 57.1 Å². The van der Waals surface area contributed by atoms with Gasteiger partial charge in [-0.3, -0.25) is 0 Å². The van der Waals surface area contributed by atoms with Gasteiger partial charge in [-0.1, -0.05) is 328 Å². The van der Waals surface area contributed by atoms with E-state index >= 15 is 0 Å². The highest BCUT2D eigenvalue weighted by atomic mass is 28.3. The van der Waals surface area contributed by atoms with Crippen LogP contribution in [0.15, 0.2) is 340 Å². The molecule has 0 spiro atoms. The Kier molecular flexibility index (Phi) is 14.1. The first-order valence-corrected chi connectivity index (χ1v) is 36.2. The fraction of sp³-hybridized carbons (Fsp3) is 0.0370. The molecular formula is C81H65NSi3. The van der Waals surface area contributed by atoms with E-state index in [1.165, 1.54) is 118 Å². The van der Waals surface area contributed by atoms with Crippen LogP contribution in [-0.2, 0) is 0 Å². The Morgan fingerprint density at radius 2 is 0.624 bits per heavy atom. The number of rotatable bonds is 14. The molecule has 0 bridgehead atoms. The molecule has 0 radical (unpaired) electrons. The molecule has 14 aromatic rings. The maximum atomic E-state index is 2.52. The third-order valence-electron chi connectivity index (χ3n) is 18.3. The molecule has 0 aliphatic heterocycles. The van der Waals surface area contributed by atoms with Crippen LogP contribution in [0.5, 0.6) is 0 Å². The molecule has 13 aromatic carbocycles. The van der Waals surface area contributed by atoms with Crippen LogP contribution in [0.1, 0.15) is 11.1 Å². The molecule has 0 fully saturated rings. The van der Waals surface area contributed by atoms with E-state index in [1.54, 1.807) is 0 Å². The molecule has 4 heteroatoms. The van der Waals surface area contributed by atoms with E-state index < -0.39 is 24.2 Å². The SMILES string of the molecule is Cc1cccc([Si](c2ccccc2)(c2ccc(-c3ccc([Si](c4ccccc4)(c4ccccc4)c4ccc(-c5cccc([Si](C)(c6ccccc6)c6ccccc6)c5)cc4)cc3C)cc2)c2cccc(-n3c4ccccc4c4ccccc43)c2)c1. The maximum Gasteiger partial charge on any atom is 0.179 e. The van der Waals surface area contributed by atoms with Gasteiger partial charge in [0.15, 0.2) is 16.1 Å². The van der Waals surface area contributed by atoms with Crippen molar-refractivity contribution < 1.29 is 0 Å². The molecular weight excluding hydrogens is 1070 g/mol. The lowest BCUT2D eigenvalue weighted by atomic mass is 10.0. The maximum absolute atomic E-state index is 2.97. The Hall–Kier alpha value is -9.69. The summed E-state index contributed by atoms with van der Waals surface area (Å²) in [6, 6.07) is 129. The molecule has 406 valence electrons. The van der Waals surface area contributed by atoms with Gasteiger partial charge < -0.3 is 4.57 Å². The Labute approximate surface area is 503 Å². The standard InChI is InChI=1S/C81H65NSi3/c1-60-26-23-40-74(56-60)85(70-37-17-8-18-38-70,75-41-25-28-65(59-75)82-80-44-21-19-42-78(80)79-43-20-22-45-81(79)82)72-52-48-63(49-53-72)77-55-54-76(57-61(77)2)84(68-33-13-6-14-34-68,69-35-15-7-16-36-69)71-50-46-62(47-51-71)64-27-24-39-73(58-64)83(3,66-29-9-4-10-30-66)67-31-11-5-12-32-67/h4-59H,1-3H3. The zero-order valence-electron chi connectivity index (χ0n) is 48.3. The number of hydrogen-bond acceptors (Lipinski definition) is 0. The Balaban J connectivity index is 0.880. The lowest BCUT2D eigenvalue weighted by molar-refractivity contribution is 1.18. The van der Waals surface area contributed by atoms with Crippen molar-refractivity contribution in [1.29, 1.82) is 0 Å². The average molecular weight is 1140 g/mol. The lowest BCUT2D eigenvalue weighted by Gasteiger charge is -2.35. The number of benzene rings is 13. The summed E-state index contributed by atoms with van der Waals surface area (Å²) in [5, 5.41) is 17.6. The minimum Gasteiger partial charge on any atom is -0.309 e. The summed E-state index contributed by atoms with van der Waals surface area (Å²) in [4.78, 5) is 0. The first-order chi connectivity index (χ1) is 41.8. The number of aryl methyl sites for hydroxylation is 2. The van der Waals surface area contributed by atoms with E-state index in [2.05, 4.69) is 365 Å². The Bertz CT molecular complexity index is 4520. The van der Waals surface area contributed by atoms with Crippen LogP contribution in [0.2, 0.25) is 6.55 Å². The summed E-state index contributed by atoms with van der Waals surface area (Å²) >= 11 is 0. The fourth-order valence-electron chi connectivity index (χ4n) is 14.1. The van der Waals surface area contributed by atoms with E-state index in [1.807, 2.05) is 0 Å². The molecule has 0 amide bonds. The van der Waals surface area contributed by atoms with Crippen molar-refractivity contribution in [3.05, 3.63) is 351 Å². The average Bonchev–Trinajstić information content (AvgIpc) is 1.94. The van der Waals surface area contributed by atoms with E-state index in [9.17, 15) is 0 Å². The molecule has 1 unspecified atom stereocenters.